The molecule has 0 saturated carbocycles. The first kappa shape index (κ1) is 13.7. The van der Waals surface area contributed by atoms with Gasteiger partial charge in [-0.25, -0.2) is 0 Å². The summed E-state index contributed by atoms with van der Waals surface area (Å²) in [7, 11) is 1.59. The van der Waals surface area contributed by atoms with Gasteiger partial charge in [-0.15, -0.1) is 0 Å². The Labute approximate surface area is 105 Å². The van der Waals surface area contributed by atoms with Crippen LogP contribution in [0, 0.1) is 0 Å². The first-order chi connectivity index (χ1) is 7.63. The summed E-state index contributed by atoms with van der Waals surface area (Å²) in [4.78, 5) is 0. The Bertz CT molecular complexity index is 339. The maximum absolute atomic E-state index is 9.74. The van der Waals surface area contributed by atoms with Gasteiger partial charge in [-0.1, -0.05) is 6.92 Å². The van der Waals surface area contributed by atoms with Gasteiger partial charge in [0.15, 0.2) is 0 Å². The van der Waals surface area contributed by atoms with Crippen molar-refractivity contribution >= 4 is 15.9 Å². The molecule has 1 unspecified atom stereocenters. The molecule has 92 valence electrons. The minimum absolute atomic E-state index is 0.350. The number of aliphatic hydroxyl groups is 1. The van der Waals surface area contributed by atoms with Gasteiger partial charge in [-0.2, -0.15) is 5.10 Å². The lowest BCUT2D eigenvalue weighted by atomic mass is 10.2. The molecule has 0 fully saturated rings. The molecule has 0 saturated heterocycles. The van der Waals surface area contributed by atoms with E-state index in [2.05, 4.69) is 28.0 Å². The Morgan fingerprint density at radius 2 is 2.19 bits per heavy atom. The molecule has 1 aromatic rings. The third-order valence-corrected chi connectivity index (χ3v) is 3.40. The molecule has 5 heteroatoms. The summed E-state index contributed by atoms with van der Waals surface area (Å²) in [6.07, 6.45) is 0.976. The van der Waals surface area contributed by atoms with E-state index in [-0.39, 0.29) is 0 Å². The lowest BCUT2D eigenvalue weighted by molar-refractivity contribution is 0.0636. The molecule has 16 heavy (non-hydrogen) atoms. The van der Waals surface area contributed by atoms with E-state index in [0.717, 1.165) is 28.8 Å². The van der Waals surface area contributed by atoms with E-state index >= 15 is 0 Å². The highest BCUT2D eigenvalue weighted by molar-refractivity contribution is 9.10. The van der Waals surface area contributed by atoms with E-state index in [0.29, 0.717) is 13.0 Å². The minimum atomic E-state index is -0.479. The van der Waals surface area contributed by atoms with Crippen molar-refractivity contribution < 1.29 is 9.84 Å². The molecule has 0 aliphatic carbocycles. The van der Waals surface area contributed by atoms with Gasteiger partial charge in [-0.3, -0.25) is 4.68 Å². The van der Waals surface area contributed by atoms with Crippen molar-refractivity contribution in [1.82, 2.24) is 9.78 Å². The smallest absolute Gasteiger partial charge is 0.0829 e. The quantitative estimate of drug-likeness (QED) is 0.869. The zero-order chi connectivity index (χ0) is 12.1. The van der Waals surface area contributed by atoms with Crippen LogP contribution in [-0.4, -0.2) is 34.7 Å². The van der Waals surface area contributed by atoms with Crippen LogP contribution in [0.5, 0.6) is 0 Å². The normalized spacial score (nSPS) is 13.1. The minimum Gasteiger partial charge on any atom is -0.390 e. The number of ether oxygens (including phenoxy) is 1. The van der Waals surface area contributed by atoms with Crippen molar-refractivity contribution in [2.45, 2.75) is 39.3 Å². The number of aliphatic hydroxyl groups excluding tert-OH is 1. The zero-order valence-electron chi connectivity index (χ0n) is 10.0. The van der Waals surface area contributed by atoms with Crippen molar-refractivity contribution in [2.24, 2.45) is 0 Å². The molecule has 0 aliphatic heterocycles. The molecule has 0 aliphatic rings. The fourth-order valence-electron chi connectivity index (χ4n) is 1.69. The van der Waals surface area contributed by atoms with E-state index in [1.54, 1.807) is 7.11 Å². The Balaban J connectivity index is 2.88. The van der Waals surface area contributed by atoms with Gasteiger partial charge < -0.3 is 9.84 Å². The van der Waals surface area contributed by atoms with Gasteiger partial charge >= 0.3 is 0 Å². The third kappa shape index (κ3) is 3.06. The number of hydrogen-bond acceptors (Lipinski definition) is 3. The summed E-state index contributed by atoms with van der Waals surface area (Å²) in [5.74, 6) is 0. The number of rotatable bonds is 6. The standard InChI is InChI=1S/C11H19BrN2O2/c1-4-9-11(12)10(14(5-2)13-9)6-8(15)7-16-3/h8,15H,4-7H2,1-3H3. The second-order valence-electron chi connectivity index (χ2n) is 3.69. The van der Waals surface area contributed by atoms with Crippen LogP contribution in [0.15, 0.2) is 4.47 Å². The molecule has 1 rings (SSSR count). The zero-order valence-corrected chi connectivity index (χ0v) is 11.6. The van der Waals surface area contributed by atoms with Gasteiger partial charge in [0.2, 0.25) is 0 Å². The molecule has 1 heterocycles. The molecule has 0 aromatic carbocycles. The molecule has 1 aromatic heterocycles. The van der Waals surface area contributed by atoms with Crippen LogP contribution in [0.3, 0.4) is 0 Å². The average molecular weight is 291 g/mol. The lowest BCUT2D eigenvalue weighted by Gasteiger charge is -2.10. The molecule has 0 bridgehead atoms. The Hall–Kier alpha value is -0.390. The lowest BCUT2D eigenvalue weighted by Crippen LogP contribution is -2.19. The van der Waals surface area contributed by atoms with Crippen LogP contribution < -0.4 is 0 Å². The number of methoxy groups -OCH3 is 1. The summed E-state index contributed by atoms with van der Waals surface area (Å²) < 4.78 is 7.88. The number of hydrogen-bond donors (Lipinski definition) is 1. The van der Waals surface area contributed by atoms with Crippen LogP contribution >= 0.6 is 15.9 Å². The summed E-state index contributed by atoms with van der Waals surface area (Å²) in [5.41, 5.74) is 2.09. The predicted molar refractivity (Wildman–Crippen MR) is 66.6 cm³/mol. The predicted octanol–water partition coefficient (Wildman–Crippen LogP) is 1.78. The van der Waals surface area contributed by atoms with Crippen molar-refractivity contribution in [3.63, 3.8) is 0 Å². The molecule has 1 atom stereocenters. The number of aryl methyl sites for hydroxylation is 2. The fourth-order valence-corrected chi connectivity index (χ4v) is 2.41. The highest BCUT2D eigenvalue weighted by Crippen LogP contribution is 2.23. The van der Waals surface area contributed by atoms with Crippen molar-refractivity contribution in [2.75, 3.05) is 13.7 Å². The van der Waals surface area contributed by atoms with Crippen LogP contribution in [0.4, 0.5) is 0 Å². The van der Waals surface area contributed by atoms with E-state index in [1.165, 1.54) is 0 Å². The molecule has 0 spiro atoms. The second-order valence-corrected chi connectivity index (χ2v) is 4.48. The summed E-state index contributed by atoms with van der Waals surface area (Å²) in [5, 5.41) is 14.2. The Kier molecular flexibility index (Phi) is 5.44. The fraction of sp³-hybridized carbons (Fsp3) is 0.727. The van der Waals surface area contributed by atoms with E-state index in [9.17, 15) is 5.11 Å². The molecule has 0 radical (unpaired) electrons. The van der Waals surface area contributed by atoms with Crippen LogP contribution in [0.1, 0.15) is 25.2 Å². The first-order valence-corrected chi connectivity index (χ1v) is 6.34. The average Bonchev–Trinajstić information content (AvgIpc) is 2.56. The van der Waals surface area contributed by atoms with Gasteiger partial charge in [0.25, 0.3) is 0 Å². The van der Waals surface area contributed by atoms with Crippen LogP contribution in [0.25, 0.3) is 0 Å². The summed E-state index contributed by atoms with van der Waals surface area (Å²) in [6.45, 7) is 5.28. The number of halogens is 1. The largest absolute Gasteiger partial charge is 0.390 e. The molecular weight excluding hydrogens is 272 g/mol. The Morgan fingerprint density at radius 3 is 2.69 bits per heavy atom. The second kappa shape index (κ2) is 6.37. The van der Waals surface area contributed by atoms with Crippen molar-refractivity contribution in [1.29, 1.82) is 0 Å². The third-order valence-electron chi connectivity index (χ3n) is 2.48. The number of nitrogens with zero attached hydrogens (tertiary/aromatic N) is 2. The highest BCUT2D eigenvalue weighted by atomic mass is 79.9. The van der Waals surface area contributed by atoms with E-state index < -0.39 is 6.10 Å². The molecule has 4 nitrogen and oxygen atoms in total. The van der Waals surface area contributed by atoms with Crippen molar-refractivity contribution in [3.8, 4) is 0 Å². The number of aromatic nitrogens is 2. The molecule has 0 amide bonds. The van der Waals surface area contributed by atoms with Crippen LogP contribution in [-0.2, 0) is 24.1 Å². The van der Waals surface area contributed by atoms with Gasteiger partial charge in [0.05, 0.1) is 28.6 Å². The SMILES string of the molecule is CCc1nn(CC)c(CC(O)COC)c1Br. The first-order valence-electron chi connectivity index (χ1n) is 5.55. The molecular formula is C11H19BrN2O2. The monoisotopic (exact) mass is 290 g/mol. The Morgan fingerprint density at radius 1 is 1.50 bits per heavy atom. The highest BCUT2D eigenvalue weighted by Gasteiger charge is 2.16. The van der Waals surface area contributed by atoms with Crippen molar-refractivity contribution in [3.05, 3.63) is 15.9 Å². The van der Waals surface area contributed by atoms with Crippen LogP contribution in [0.2, 0.25) is 0 Å². The topological polar surface area (TPSA) is 47.3 Å². The summed E-state index contributed by atoms with van der Waals surface area (Å²) >= 11 is 3.55. The van der Waals surface area contributed by atoms with E-state index in [4.69, 9.17) is 4.74 Å². The maximum Gasteiger partial charge on any atom is 0.0829 e. The van der Waals surface area contributed by atoms with Gasteiger partial charge in [0, 0.05) is 20.1 Å². The molecule has 1 N–H and O–H groups in total. The summed E-state index contributed by atoms with van der Waals surface area (Å²) in [6, 6.07) is 0. The van der Waals surface area contributed by atoms with Gasteiger partial charge in [0.1, 0.15) is 0 Å². The maximum atomic E-state index is 9.74. The van der Waals surface area contributed by atoms with E-state index in [1.807, 2.05) is 11.6 Å². The van der Waals surface area contributed by atoms with Gasteiger partial charge in [-0.05, 0) is 29.3 Å².